The second-order valence-electron chi connectivity index (χ2n) is 6.96. The average molecular weight is 398 g/mol. The van der Waals surface area contributed by atoms with Crippen LogP contribution in [0.25, 0.3) is 11.2 Å². The number of H-pyrrole nitrogens is 1. The maximum atomic E-state index is 12.3. The fourth-order valence-electron chi connectivity index (χ4n) is 2.96. The van der Waals surface area contributed by atoms with Gasteiger partial charge in [0.05, 0.1) is 0 Å². The number of hydrogen-bond acceptors (Lipinski definition) is 3. The van der Waals surface area contributed by atoms with Crippen LogP contribution in [0.4, 0.5) is 5.95 Å². The lowest BCUT2D eigenvalue weighted by Crippen LogP contribution is -3.00. The monoisotopic (exact) mass is 397 g/mol. The highest BCUT2D eigenvalue weighted by Crippen LogP contribution is 2.14. The number of imidazole rings is 1. The second kappa shape index (κ2) is 7.26. The Morgan fingerprint density at radius 2 is 1.77 bits per heavy atom. The Kier molecular flexibility index (Phi) is 5.65. The summed E-state index contributed by atoms with van der Waals surface area (Å²) in [5, 5.41) is 2.69. The third-order valence-corrected chi connectivity index (χ3v) is 4.47. The minimum absolute atomic E-state index is 0. The van der Waals surface area contributed by atoms with E-state index in [1.54, 1.807) is 7.05 Å². The Morgan fingerprint density at radius 1 is 1.15 bits per heavy atom. The van der Waals surface area contributed by atoms with Gasteiger partial charge in [0.25, 0.3) is 5.56 Å². The van der Waals surface area contributed by atoms with Crippen molar-refractivity contribution in [2.45, 2.75) is 25.8 Å². The van der Waals surface area contributed by atoms with Crippen molar-refractivity contribution in [3.05, 3.63) is 55.7 Å². The molecular weight excluding hydrogens is 377 g/mol. The molecule has 26 heavy (non-hydrogen) atoms. The van der Waals surface area contributed by atoms with E-state index >= 15 is 0 Å². The highest BCUT2D eigenvalue weighted by atomic mass is 35.5. The zero-order chi connectivity index (χ0) is 18.4. The number of quaternary nitrogens is 1. The van der Waals surface area contributed by atoms with Crippen LogP contribution in [0.15, 0.2) is 33.9 Å². The van der Waals surface area contributed by atoms with Gasteiger partial charge in [-0.1, -0.05) is 23.7 Å². The van der Waals surface area contributed by atoms with Gasteiger partial charge >= 0.3 is 11.6 Å². The molecule has 0 spiro atoms. The molecule has 0 atom stereocenters. The molecular formula is C17H21Cl2N5O2. The van der Waals surface area contributed by atoms with Crippen LogP contribution in [0.3, 0.4) is 0 Å². The van der Waals surface area contributed by atoms with E-state index in [1.807, 2.05) is 29.6 Å². The van der Waals surface area contributed by atoms with E-state index < -0.39 is 5.69 Å². The lowest BCUT2D eigenvalue weighted by molar-refractivity contribution is -0.652. The van der Waals surface area contributed by atoms with Crippen LogP contribution in [0.2, 0.25) is 5.02 Å². The summed E-state index contributed by atoms with van der Waals surface area (Å²) in [5.74, 6) is 0.576. The average Bonchev–Trinajstić information content (AvgIpc) is 2.96. The number of aromatic amines is 1. The second-order valence-corrected chi connectivity index (χ2v) is 7.40. The number of nitrogens with one attached hydrogen (secondary N) is 1. The van der Waals surface area contributed by atoms with E-state index in [2.05, 4.69) is 23.8 Å². The number of hydrogen-bond donors (Lipinski definition) is 2. The molecule has 0 fully saturated rings. The van der Waals surface area contributed by atoms with Gasteiger partial charge in [-0.05, 0) is 31.5 Å². The summed E-state index contributed by atoms with van der Waals surface area (Å²) in [7, 11) is 3.06. The Morgan fingerprint density at radius 3 is 2.38 bits per heavy atom. The highest BCUT2D eigenvalue weighted by Gasteiger charge is 2.26. The summed E-state index contributed by atoms with van der Waals surface area (Å²) in [6, 6.07) is 7.73. The fraction of sp³-hybridized carbons (Fsp3) is 0.353. The third-order valence-electron chi connectivity index (χ3n) is 4.21. The van der Waals surface area contributed by atoms with Crippen LogP contribution in [-0.4, -0.2) is 24.6 Å². The van der Waals surface area contributed by atoms with Crippen molar-refractivity contribution in [1.29, 1.82) is 0 Å². The normalized spacial score (nSPS) is 11.6. The van der Waals surface area contributed by atoms with E-state index in [-0.39, 0.29) is 23.5 Å². The Labute approximate surface area is 161 Å². The van der Waals surface area contributed by atoms with Crippen LogP contribution in [0.5, 0.6) is 0 Å². The van der Waals surface area contributed by atoms with Crippen molar-refractivity contribution >= 4 is 28.7 Å². The van der Waals surface area contributed by atoms with Crippen molar-refractivity contribution in [2.75, 3.05) is 0 Å². The molecule has 1 aromatic carbocycles. The molecule has 0 amide bonds. The van der Waals surface area contributed by atoms with Gasteiger partial charge < -0.3 is 12.4 Å². The molecule has 9 heteroatoms. The molecule has 0 aliphatic rings. The summed E-state index contributed by atoms with van der Waals surface area (Å²) in [6.45, 7) is 4.18. The van der Waals surface area contributed by atoms with Gasteiger partial charge in [0.1, 0.15) is 5.54 Å². The SMILES string of the molecule is Cn1c(=O)c2[nH]c([NH2+]C(C)(C)Cc3ccc(Cl)cc3)nc2n(C)c1=O.[Cl-]. The first kappa shape index (κ1) is 20.2. The molecule has 3 N–H and O–H groups in total. The zero-order valence-electron chi connectivity index (χ0n) is 15.0. The summed E-state index contributed by atoms with van der Waals surface area (Å²) >= 11 is 5.93. The number of rotatable bonds is 4. The summed E-state index contributed by atoms with van der Waals surface area (Å²) in [6.07, 6.45) is 0.790. The first-order valence-corrected chi connectivity index (χ1v) is 8.32. The summed E-state index contributed by atoms with van der Waals surface area (Å²) in [5.41, 5.74) is 0.882. The lowest BCUT2D eigenvalue weighted by atomic mass is 9.95. The predicted octanol–water partition coefficient (Wildman–Crippen LogP) is -2.17. The van der Waals surface area contributed by atoms with Gasteiger partial charge in [0.15, 0.2) is 11.2 Å². The maximum Gasteiger partial charge on any atom is 0.332 e. The van der Waals surface area contributed by atoms with Gasteiger partial charge in [-0.15, -0.1) is 0 Å². The lowest BCUT2D eigenvalue weighted by Gasteiger charge is -2.21. The number of halogens is 2. The van der Waals surface area contributed by atoms with Crippen molar-refractivity contribution in [3.63, 3.8) is 0 Å². The first-order valence-electron chi connectivity index (χ1n) is 7.94. The van der Waals surface area contributed by atoms with Crippen molar-refractivity contribution in [2.24, 2.45) is 14.1 Å². The van der Waals surface area contributed by atoms with E-state index in [9.17, 15) is 9.59 Å². The number of fused-ring (bicyclic) bond motifs is 1. The highest BCUT2D eigenvalue weighted by molar-refractivity contribution is 6.30. The first-order chi connectivity index (χ1) is 11.7. The van der Waals surface area contributed by atoms with Crippen LogP contribution < -0.4 is 29.0 Å². The largest absolute Gasteiger partial charge is 1.00 e. The smallest absolute Gasteiger partial charge is 0.332 e. The quantitative estimate of drug-likeness (QED) is 0.525. The van der Waals surface area contributed by atoms with Gasteiger partial charge in [-0.3, -0.25) is 24.2 Å². The third kappa shape index (κ3) is 3.85. The molecule has 0 radical (unpaired) electrons. The van der Waals surface area contributed by atoms with E-state index in [1.165, 1.54) is 11.6 Å². The minimum Gasteiger partial charge on any atom is -1.00 e. The molecule has 3 aromatic rings. The van der Waals surface area contributed by atoms with Crippen molar-refractivity contribution < 1.29 is 17.7 Å². The van der Waals surface area contributed by atoms with Gasteiger partial charge in [-0.2, -0.15) is 4.98 Å². The topological polar surface area (TPSA) is 89.3 Å². The van der Waals surface area contributed by atoms with Crippen LogP contribution in [0.1, 0.15) is 19.4 Å². The van der Waals surface area contributed by atoms with Crippen molar-refractivity contribution in [1.82, 2.24) is 19.1 Å². The molecule has 0 unspecified atom stereocenters. The van der Waals surface area contributed by atoms with Gasteiger partial charge in [0, 0.05) is 25.5 Å². The molecule has 2 heterocycles. The van der Waals surface area contributed by atoms with E-state index in [0.717, 1.165) is 16.6 Å². The molecule has 140 valence electrons. The predicted molar refractivity (Wildman–Crippen MR) is 97.4 cm³/mol. The molecule has 0 bridgehead atoms. The van der Waals surface area contributed by atoms with Crippen LogP contribution in [0, 0.1) is 0 Å². The van der Waals surface area contributed by atoms with E-state index in [4.69, 9.17) is 11.6 Å². The van der Waals surface area contributed by atoms with Crippen LogP contribution in [-0.2, 0) is 20.5 Å². The fourth-order valence-corrected chi connectivity index (χ4v) is 3.09. The van der Waals surface area contributed by atoms with Crippen LogP contribution >= 0.6 is 11.6 Å². The van der Waals surface area contributed by atoms with Gasteiger partial charge in [0.2, 0.25) is 0 Å². The molecule has 7 nitrogen and oxygen atoms in total. The molecule has 0 aliphatic carbocycles. The standard InChI is InChI=1S/C17H20ClN5O2.ClH/c1-17(2,9-10-5-7-11(18)8-6-10)21-15-19-12-13(20-15)22(3)16(25)23(4)14(12)24;/h5-8H,9H2,1-4H3,(H2,19,20,21);1H. The van der Waals surface area contributed by atoms with E-state index in [0.29, 0.717) is 22.1 Å². The molecule has 2 aromatic heterocycles. The Bertz CT molecular complexity index is 1050. The molecule has 0 aliphatic heterocycles. The Balaban J connectivity index is 0.00000243. The minimum atomic E-state index is -0.393. The number of aromatic nitrogens is 4. The molecule has 0 saturated carbocycles. The zero-order valence-corrected chi connectivity index (χ0v) is 16.5. The molecule has 0 saturated heterocycles. The van der Waals surface area contributed by atoms with Crippen molar-refractivity contribution in [3.8, 4) is 0 Å². The number of aryl methyl sites for hydroxylation is 1. The summed E-state index contributed by atoms with van der Waals surface area (Å²) in [4.78, 5) is 31.7. The molecule has 3 rings (SSSR count). The van der Waals surface area contributed by atoms with Gasteiger partial charge in [-0.25, -0.2) is 4.79 Å². The Hall–Kier alpha value is -2.09. The number of nitrogens with zero attached hydrogens (tertiary/aromatic N) is 3. The number of benzene rings is 1. The maximum absolute atomic E-state index is 12.3. The summed E-state index contributed by atoms with van der Waals surface area (Å²) < 4.78 is 2.44. The number of nitrogens with two attached hydrogens (primary N) is 1.